The maximum absolute atomic E-state index is 12.1. The number of hydrogen-bond donors (Lipinski definition) is 2. The van der Waals surface area contributed by atoms with Gasteiger partial charge in [0.15, 0.2) is 9.84 Å². The third-order valence-corrected chi connectivity index (χ3v) is 4.95. The number of rotatable bonds is 5. The van der Waals surface area contributed by atoms with E-state index in [0.717, 1.165) is 18.4 Å². The lowest BCUT2D eigenvalue weighted by molar-refractivity contribution is -0.121. The smallest absolute Gasteiger partial charge is 0.387 e. The molecular weight excluding hydrogens is 333 g/mol. The van der Waals surface area contributed by atoms with E-state index in [1.807, 2.05) is 0 Å². The van der Waals surface area contributed by atoms with E-state index < -0.39 is 37.5 Å². The van der Waals surface area contributed by atoms with Gasteiger partial charge in [0.05, 0.1) is 10.6 Å². The van der Waals surface area contributed by atoms with E-state index in [9.17, 15) is 30.0 Å². The number of benzene rings is 1. The van der Waals surface area contributed by atoms with Gasteiger partial charge in [-0.2, -0.15) is 13.2 Å². The van der Waals surface area contributed by atoms with E-state index in [2.05, 4.69) is 5.32 Å². The molecule has 0 heterocycles. The van der Waals surface area contributed by atoms with Crippen molar-refractivity contribution in [1.82, 2.24) is 4.72 Å². The lowest BCUT2D eigenvalue weighted by atomic mass is 10.3. The quantitative estimate of drug-likeness (QED) is 0.829. The van der Waals surface area contributed by atoms with Crippen molar-refractivity contribution in [3.05, 3.63) is 18.2 Å². The van der Waals surface area contributed by atoms with Crippen LogP contribution < -0.4 is 10.0 Å². The Morgan fingerprint density at radius 1 is 1.14 bits per heavy atom. The Morgan fingerprint density at radius 2 is 1.71 bits per heavy atom. The molecule has 0 aliphatic rings. The molecule has 1 aromatic carbocycles. The third kappa shape index (κ3) is 4.86. The van der Waals surface area contributed by atoms with Crippen LogP contribution in [0.25, 0.3) is 0 Å². The molecule has 11 heteroatoms. The summed E-state index contributed by atoms with van der Waals surface area (Å²) in [7, 11) is -6.85. The molecule has 0 fully saturated rings. The minimum absolute atomic E-state index is 0.0166. The molecule has 0 spiro atoms. The SMILES string of the molecule is CNc1ccc(S(C)(=O)=O)cc1S(=O)(=O)NCC(F)(F)F. The molecule has 0 aromatic heterocycles. The fourth-order valence-corrected chi connectivity index (χ4v) is 3.39. The lowest BCUT2D eigenvalue weighted by Crippen LogP contribution is -2.34. The molecular formula is C10H13F3N2O4S2. The van der Waals surface area contributed by atoms with Crippen molar-refractivity contribution < 1.29 is 30.0 Å². The zero-order valence-corrected chi connectivity index (χ0v) is 12.7. The van der Waals surface area contributed by atoms with Gasteiger partial charge in [0.2, 0.25) is 10.0 Å². The fourth-order valence-electron chi connectivity index (χ4n) is 1.42. The molecule has 0 atom stereocenters. The van der Waals surface area contributed by atoms with Crippen LogP contribution in [-0.4, -0.2) is 42.9 Å². The number of sulfonamides is 1. The first-order chi connectivity index (χ1) is 9.37. The van der Waals surface area contributed by atoms with E-state index in [1.165, 1.54) is 17.8 Å². The summed E-state index contributed by atoms with van der Waals surface area (Å²) in [5.74, 6) is 0. The van der Waals surface area contributed by atoms with E-state index in [4.69, 9.17) is 0 Å². The molecule has 1 rings (SSSR count). The van der Waals surface area contributed by atoms with Crippen LogP contribution in [0.4, 0.5) is 18.9 Å². The highest BCUT2D eigenvalue weighted by molar-refractivity contribution is 7.91. The summed E-state index contributed by atoms with van der Waals surface area (Å²) < 4.78 is 84.3. The van der Waals surface area contributed by atoms with Gasteiger partial charge in [-0.3, -0.25) is 0 Å². The van der Waals surface area contributed by atoms with E-state index >= 15 is 0 Å². The van der Waals surface area contributed by atoms with Crippen LogP contribution in [0.3, 0.4) is 0 Å². The van der Waals surface area contributed by atoms with E-state index in [1.54, 1.807) is 0 Å². The van der Waals surface area contributed by atoms with Crippen LogP contribution in [0.2, 0.25) is 0 Å². The van der Waals surface area contributed by atoms with Crippen LogP contribution in [0.15, 0.2) is 28.0 Å². The number of alkyl halides is 3. The van der Waals surface area contributed by atoms with Gasteiger partial charge in [-0.15, -0.1) is 0 Å². The third-order valence-electron chi connectivity index (χ3n) is 2.40. The molecule has 0 aliphatic carbocycles. The maximum Gasteiger partial charge on any atom is 0.402 e. The van der Waals surface area contributed by atoms with Gasteiger partial charge in [0, 0.05) is 13.3 Å². The second-order valence-electron chi connectivity index (χ2n) is 4.12. The number of sulfone groups is 1. The molecule has 0 bridgehead atoms. The molecule has 0 unspecified atom stereocenters. The molecule has 1 aromatic rings. The first-order valence-electron chi connectivity index (χ1n) is 5.45. The molecule has 0 aliphatic heterocycles. The fraction of sp³-hybridized carbons (Fsp3) is 0.400. The summed E-state index contributed by atoms with van der Waals surface area (Å²) in [6.07, 6.45) is -3.86. The highest BCUT2D eigenvalue weighted by Gasteiger charge is 2.31. The summed E-state index contributed by atoms with van der Waals surface area (Å²) >= 11 is 0. The van der Waals surface area contributed by atoms with Gasteiger partial charge in [0.1, 0.15) is 11.4 Å². The molecule has 120 valence electrons. The van der Waals surface area contributed by atoms with Gasteiger partial charge >= 0.3 is 6.18 Å². The summed E-state index contributed by atoms with van der Waals surface area (Å²) in [6, 6.07) is 3.13. The highest BCUT2D eigenvalue weighted by atomic mass is 32.2. The molecule has 0 saturated carbocycles. The van der Waals surface area contributed by atoms with Gasteiger partial charge in [-0.05, 0) is 18.2 Å². The zero-order valence-electron chi connectivity index (χ0n) is 11.0. The number of hydrogen-bond acceptors (Lipinski definition) is 5. The second kappa shape index (κ2) is 5.81. The Hall–Kier alpha value is -1.33. The topological polar surface area (TPSA) is 92.3 Å². The minimum Gasteiger partial charge on any atom is -0.387 e. The first-order valence-corrected chi connectivity index (χ1v) is 8.82. The van der Waals surface area contributed by atoms with E-state index in [-0.39, 0.29) is 10.6 Å². The van der Waals surface area contributed by atoms with Gasteiger partial charge < -0.3 is 5.32 Å². The van der Waals surface area contributed by atoms with Crippen molar-refractivity contribution in [3.63, 3.8) is 0 Å². The molecule has 6 nitrogen and oxygen atoms in total. The Kier molecular flexibility index (Phi) is 4.90. The Labute approximate surface area is 120 Å². The first kappa shape index (κ1) is 17.7. The predicted molar refractivity (Wildman–Crippen MR) is 70.3 cm³/mol. The van der Waals surface area contributed by atoms with Crippen LogP contribution in [0, 0.1) is 0 Å². The van der Waals surface area contributed by atoms with Crippen LogP contribution in [0.5, 0.6) is 0 Å². The Morgan fingerprint density at radius 3 is 2.14 bits per heavy atom. The normalized spacial score (nSPS) is 13.2. The number of anilines is 1. The molecule has 21 heavy (non-hydrogen) atoms. The van der Waals surface area contributed by atoms with E-state index in [0.29, 0.717) is 0 Å². The molecule has 0 amide bonds. The lowest BCUT2D eigenvalue weighted by Gasteiger charge is -2.13. The largest absolute Gasteiger partial charge is 0.402 e. The van der Waals surface area contributed by atoms with Crippen molar-refractivity contribution in [2.45, 2.75) is 16.0 Å². The number of halogens is 3. The van der Waals surface area contributed by atoms with Crippen LogP contribution in [0.1, 0.15) is 0 Å². The maximum atomic E-state index is 12.1. The van der Waals surface area contributed by atoms with Crippen molar-refractivity contribution in [1.29, 1.82) is 0 Å². The summed E-state index contributed by atoms with van der Waals surface area (Å²) in [5, 5.41) is 2.48. The molecule has 2 N–H and O–H groups in total. The highest BCUT2D eigenvalue weighted by Crippen LogP contribution is 2.25. The Balaban J connectivity index is 3.33. The Bertz CT molecular complexity index is 727. The van der Waals surface area contributed by atoms with Crippen molar-refractivity contribution in [2.24, 2.45) is 0 Å². The number of nitrogens with one attached hydrogen (secondary N) is 2. The second-order valence-corrected chi connectivity index (χ2v) is 7.87. The van der Waals surface area contributed by atoms with Gasteiger partial charge in [-0.25, -0.2) is 21.6 Å². The average molecular weight is 346 g/mol. The molecule has 0 saturated heterocycles. The van der Waals surface area contributed by atoms with Crippen LogP contribution >= 0.6 is 0 Å². The van der Waals surface area contributed by atoms with Gasteiger partial charge in [0.25, 0.3) is 0 Å². The van der Waals surface area contributed by atoms with Crippen molar-refractivity contribution >= 4 is 25.5 Å². The standard InChI is InChI=1S/C10H13F3N2O4S2/c1-14-8-4-3-7(20(2,16)17)5-9(8)21(18,19)15-6-10(11,12)13/h3-5,14-15H,6H2,1-2H3. The predicted octanol–water partition coefficient (Wildman–Crippen LogP) is 0.972. The zero-order chi connectivity index (χ0) is 16.5. The van der Waals surface area contributed by atoms with Crippen molar-refractivity contribution in [3.8, 4) is 0 Å². The van der Waals surface area contributed by atoms with Gasteiger partial charge in [-0.1, -0.05) is 0 Å². The van der Waals surface area contributed by atoms with Crippen LogP contribution in [-0.2, 0) is 19.9 Å². The average Bonchev–Trinajstić information content (AvgIpc) is 2.34. The summed E-state index contributed by atoms with van der Waals surface area (Å²) in [4.78, 5) is -0.883. The summed E-state index contributed by atoms with van der Waals surface area (Å²) in [5.41, 5.74) is -0.0166. The minimum atomic E-state index is -4.72. The van der Waals surface area contributed by atoms with Crippen molar-refractivity contribution in [2.75, 3.05) is 25.2 Å². The molecule has 0 radical (unpaired) electrons. The monoisotopic (exact) mass is 346 g/mol. The summed E-state index contributed by atoms with van der Waals surface area (Å²) in [6.45, 7) is -1.75.